The van der Waals surface area contributed by atoms with Crippen LogP contribution in [0.1, 0.15) is 0 Å². The number of hydrogen-bond donors (Lipinski definition) is 0. The van der Waals surface area contributed by atoms with E-state index in [1.807, 2.05) is 12.1 Å². The molecule has 0 amide bonds. The van der Waals surface area contributed by atoms with Gasteiger partial charge in [0.25, 0.3) is 0 Å². The van der Waals surface area contributed by atoms with Crippen molar-refractivity contribution in [2.24, 2.45) is 0 Å². The second-order valence-corrected chi connectivity index (χ2v) is 9.64. The second-order valence-electron chi connectivity index (χ2n) is 9.21. The van der Waals surface area contributed by atoms with Gasteiger partial charge >= 0.3 is 0 Å². The zero-order chi connectivity index (χ0) is 24.1. The first-order chi connectivity index (χ1) is 17.7. The van der Waals surface area contributed by atoms with Crippen LogP contribution in [0.5, 0.6) is 0 Å². The van der Waals surface area contributed by atoms with Crippen molar-refractivity contribution in [2.75, 3.05) is 0 Å². The van der Waals surface area contributed by atoms with Gasteiger partial charge in [-0.05, 0) is 81.6 Å². The van der Waals surface area contributed by atoms with Crippen LogP contribution in [0, 0.1) is 0 Å². The summed E-state index contributed by atoms with van der Waals surface area (Å²) < 4.78 is 2.38. The molecule has 0 radical (unpaired) electrons. The largest absolute Gasteiger partial charge is 0.309 e. The van der Waals surface area contributed by atoms with Crippen LogP contribution in [0.15, 0.2) is 133 Å². The topological polar surface area (TPSA) is 4.93 Å². The van der Waals surface area contributed by atoms with E-state index in [0.717, 1.165) is 21.8 Å². The second kappa shape index (κ2) is 8.41. The van der Waals surface area contributed by atoms with E-state index in [2.05, 4.69) is 126 Å². The van der Waals surface area contributed by atoms with Crippen molar-refractivity contribution < 1.29 is 0 Å². The van der Waals surface area contributed by atoms with Gasteiger partial charge in [-0.2, -0.15) is 0 Å². The first-order valence-corrected chi connectivity index (χ1v) is 12.5. The first-order valence-electron chi connectivity index (χ1n) is 12.1. The highest BCUT2D eigenvalue weighted by Crippen LogP contribution is 2.36. The van der Waals surface area contributed by atoms with Crippen LogP contribution >= 0.6 is 11.6 Å². The summed E-state index contributed by atoms with van der Waals surface area (Å²) in [5.74, 6) is 0. The molecular weight excluding hydrogens is 458 g/mol. The van der Waals surface area contributed by atoms with E-state index in [1.54, 1.807) is 0 Å². The monoisotopic (exact) mass is 479 g/mol. The maximum absolute atomic E-state index is 6.22. The highest BCUT2D eigenvalue weighted by atomic mass is 35.5. The van der Waals surface area contributed by atoms with Crippen molar-refractivity contribution in [1.29, 1.82) is 0 Å². The van der Waals surface area contributed by atoms with E-state index in [4.69, 9.17) is 11.6 Å². The Morgan fingerprint density at radius 2 is 0.972 bits per heavy atom. The van der Waals surface area contributed by atoms with Gasteiger partial charge in [-0.25, -0.2) is 0 Å². The molecule has 0 unspecified atom stereocenters. The quantitative estimate of drug-likeness (QED) is 0.237. The van der Waals surface area contributed by atoms with E-state index in [9.17, 15) is 0 Å². The number of benzene rings is 6. The van der Waals surface area contributed by atoms with Gasteiger partial charge in [-0.15, -0.1) is 0 Å². The lowest BCUT2D eigenvalue weighted by molar-refractivity contribution is 1.18. The lowest BCUT2D eigenvalue weighted by Crippen LogP contribution is -1.96. The Kier molecular flexibility index (Phi) is 4.90. The molecule has 170 valence electrons. The van der Waals surface area contributed by atoms with Crippen LogP contribution < -0.4 is 0 Å². The molecule has 0 aliphatic carbocycles. The molecule has 36 heavy (non-hydrogen) atoms. The smallest absolute Gasteiger partial charge is 0.0541 e. The molecule has 0 bridgehead atoms. The Bertz CT molecular complexity index is 1840. The fourth-order valence-electron chi connectivity index (χ4n) is 5.29. The lowest BCUT2D eigenvalue weighted by atomic mass is 9.96. The number of hydrogen-bond acceptors (Lipinski definition) is 0. The summed E-state index contributed by atoms with van der Waals surface area (Å²) in [7, 11) is 0. The minimum atomic E-state index is 0.743. The van der Waals surface area contributed by atoms with Gasteiger partial charge in [0.05, 0.1) is 11.0 Å². The molecule has 1 nitrogen and oxygen atoms in total. The summed E-state index contributed by atoms with van der Waals surface area (Å²) >= 11 is 6.22. The molecule has 1 aromatic heterocycles. The molecule has 7 rings (SSSR count). The van der Waals surface area contributed by atoms with E-state index in [-0.39, 0.29) is 0 Å². The van der Waals surface area contributed by atoms with Crippen LogP contribution in [-0.2, 0) is 0 Å². The van der Waals surface area contributed by atoms with Crippen LogP contribution in [-0.4, -0.2) is 4.57 Å². The first kappa shape index (κ1) is 21.0. The minimum Gasteiger partial charge on any atom is -0.309 e. The Balaban J connectivity index is 1.53. The highest BCUT2D eigenvalue weighted by molar-refractivity contribution is 6.30. The van der Waals surface area contributed by atoms with Gasteiger partial charge in [0.2, 0.25) is 0 Å². The molecule has 0 atom stereocenters. The molecule has 0 saturated carbocycles. The predicted octanol–water partition coefficient (Wildman–Crippen LogP) is 9.92. The molecule has 6 aromatic carbocycles. The number of nitrogens with zero attached hydrogens (tertiary/aromatic N) is 1. The fraction of sp³-hybridized carbons (Fsp3) is 0. The number of aromatic nitrogens is 1. The van der Waals surface area contributed by atoms with Crippen LogP contribution in [0.3, 0.4) is 0 Å². The summed E-state index contributed by atoms with van der Waals surface area (Å²) in [4.78, 5) is 0. The van der Waals surface area contributed by atoms with Gasteiger partial charge < -0.3 is 4.57 Å². The van der Waals surface area contributed by atoms with Gasteiger partial charge in [-0.3, -0.25) is 0 Å². The summed E-state index contributed by atoms with van der Waals surface area (Å²) in [5.41, 5.74) is 8.24. The molecule has 7 aromatic rings. The molecule has 0 aliphatic heterocycles. The molecule has 0 N–H and O–H groups in total. The predicted molar refractivity (Wildman–Crippen MR) is 154 cm³/mol. The molecule has 2 heteroatoms. The van der Waals surface area contributed by atoms with Crippen molar-refractivity contribution in [2.45, 2.75) is 0 Å². The standard InChI is InChI=1S/C34H22ClN/c35-29-17-15-24(16-18-29)27-20-28(26-14-13-23-7-1-2-8-25(23)19-26)22-30(21-27)36-33-11-5-3-9-31(33)32-10-4-6-12-34(32)36/h1-22H. The molecular formula is C34H22ClN. The third-order valence-corrected chi connectivity index (χ3v) is 7.27. The van der Waals surface area contributed by atoms with Crippen molar-refractivity contribution in [1.82, 2.24) is 4.57 Å². The number of halogens is 1. The van der Waals surface area contributed by atoms with Gasteiger partial charge in [0, 0.05) is 21.5 Å². The van der Waals surface area contributed by atoms with E-state index >= 15 is 0 Å². The van der Waals surface area contributed by atoms with Crippen LogP contribution in [0.4, 0.5) is 0 Å². The zero-order valence-corrected chi connectivity index (χ0v) is 20.3. The minimum absolute atomic E-state index is 0.743. The zero-order valence-electron chi connectivity index (χ0n) is 19.5. The average Bonchev–Trinajstić information content (AvgIpc) is 3.27. The van der Waals surface area contributed by atoms with Gasteiger partial charge in [0.1, 0.15) is 0 Å². The van der Waals surface area contributed by atoms with Crippen molar-refractivity contribution in [3.05, 3.63) is 138 Å². The number of para-hydroxylation sites is 2. The fourth-order valence-corrected chi connectivity index (χ4v) is 5.41. The molecule has 1 heterocycles. The van der Waals surface area contributed by atoms with Crippen molar-refractivity contribution in [3.63, 3.8) is 0 Å². The summed E-state index contributed by atoms with van der Waals surface area (Å²) in [5, 5.41) is 5.75. The molecule has 0 aliphatic rings. The van der Waals surface area contributed by atoms with Crippen molar-refractivity contribution in [3.8, 4) is 27.9 Å². The van der Waals surface area contributed by atoms with E-state index in [0.29, 0.717) is 0 Å². The molecule has 0 saturated heterocycles. The summed E-state index contributed by atoms with van der Waals surface area (Å²) in [6.07, 6.45) is 0. The Hall–Kier alpha value is -4.33. The molecule has 0 fully saturated rings. The average molecular weight is 480 g/mol. The number of fused-ring (bicyclic) bond motifs is 4. The van der Waals surface area contributed by atoms with Crippen LogP contribution in [0.2, 0.25) is 5.02 Å². The van der Waals surface area contributed by atoms with Gasteiger partial charge in [-0.1, -0.05) is 96.5 Å². The molecule has 0 spiro atoms. The normalized spacial score (nSPS) is 11.5. The maximum atomic E-state index is 6.22. The SMILES string of the molecule is Clc1ccc(-c2cc(-c3ccc4ccccc4c3)cc(-n3c4ccccc4c4ccccc43)c2)cc1. The number of rotatable bonds is 3. The lowest BCUT2D eigenvalue weighted by Gasteiger charge is -2.14. The third kappa shape index (κ3) is 3.48. The third-order valence-electron chi connectivity index (χ3n) is 7.02. The summed E-state index contributed by atoms with van der Waals surface area (Å²) in [6.45, 7) is 0. The van der Waals surface area contributed by atoms with Gasteiger partial charge in [0.15, 0.2) is 0 Å². The Labute approximate surface area is 214 Å². The highest BCUT2D eigenvalue weighted by Gasteiger charge is 2.14. The van der Waals surface area contributed by atoms with Crippen LogP contribution in [0.25, 0.3) is 60.5 Å². The summed E-state index contributed by atoms with van der Waals surface area (Å²) in [6, 6.07) is 47.5. The Morgan fingerprint density at radius 3 is 1.67 bits per heavy atom. The van der Waals surface area contributed by atoms with Crippen molar-refractivity contribution >= 4 is 44.2 Å². The maximum Gasteiger partial charge on any atom is 0.0541 e. The van der Waals surface area contributed by atoms with E-state index in [1.165, 1.54) is 43.7 Å². The Morgan fingerprint density at radius 1 is 0.417 bits per heavy atom. The van der Waals surface area contributed by atoms with E-state index < -0.39 is 0 Å².